The summed E-state index contributed by atoms with van der Waals surface area (Å²) in [6.07, 6.45) is -0.0742. The maximum absolute atomic E-state index is 12.9. The molecular weight excluding hydrogens is 221 g/mol. The van der Waals surface area contributed by atoms with E-state index in [1.807, 2.05) is 6.07 Å². The number of hydrogen-bond donors (Lipinski definition) is 0. The smallest absolute Gasteiger partial charge is 0.317 e. The van der Waals surface area contributed by atoms with Crippen molar-refractivity contribution >= 4 is 5.97 Å². The summed E-state index contributed by atoms with van der Waals surface area (Å²) in [4.78, 5) is 11.0. The van der Waals surface area contributed by atoms with Gasteiger partial charge in [-0.05, 0) is 25.1 Å². The first kappa shape index (κ1) is 12.7. The second-order valence-electron chi connectivity index (χ2n) is 3.09. The molecule has 17 heavy (non-hydrogen) atoms. The van der Waals surface area contributed by atoms with Crippen molar-refractivity contribution in [2.45, 2.75) is 13.3 Å². The lowest BCUT2D eigenvalue weighted by Gasteiger charge is -1.96. The Balaban J connectivity index is 2.81. The zero-order valence-electron chi connectivity index (χ0n) is 9.29. The summed E-state index contributed by atoms with van der Waals surface area (Å²) >= 11 is 0. The molecule has 0 aliphatic carbocycles. The molecule has 3 nitrogen and oxygen atoms in total. The zero-order valence-corrected chi connectivity index (χ0v) is 9.29. The molecule has 0 radical (unpaired) electrons. The summed E-state index contributed by atoms with van der Waals surface area (Å²) < 4.78 is 17.6. The minimum Gasteiger partial charge on any atom is -0.465 e. The minimum absolute atomic E-state index is 0.0742. The number of carbonyl (C=O) groups is 1. The van der Waals surface area contributed by atoms with Gasteiger partial charge in [0.15, 0.2) is 0 Å². The van der Waals surface area contributed by atoms with Crippen LogP contribution in [0.15, 0.2) is 18.2 Å². The van der Waals surface area contributed by atoms with Gasteiger partial charge in [0, 0.05) is 5.56 Å². The highest BCUT2D eigenvalue weighted by Gasteiger charge is 2.01. The van der Waals surface area contributed by atoms with E-state index in [9.17, 15) is 9.18 Å². The lowest BCUT2D eigenvalue weighted by atomic mass is 10.1. The number of hydrogen-bond acceptors (Lipinski definition) is 3. The first-order valence-corrected chi connectivity index (χ1v) is 5.01. The Hall–Kier alpha value is -2.33. The molecule has 1 aromatic rings. The predicted octanol–water partition coefficient (Wildman–Crippen LogP) is 2.00. The SMILES string of the molecule is CCOC(=O)CC#Cc1cc(F)ccc1C#N. The normalized spacial score (nSPS) is 8.76. The first-order valence-electron chi connectivity index (χ1n) is 5.01. The summed E-state index contributed by atoms with van der Waals surface area (Å²) in [5.41, 5.74) is 0.555. The fourth-order valence-electron chi connectivity index (χ4n) is 1.14. The molecular formula is C13H10FNO2. The van der Waals surface area contributed by atoms with Gasteiger partial charge in [-0.2, -0.15) is 5.26 Å². The molecule has 0 aliphatic heterocycles. The number of nitriles is 1. The average Bonchev–Trinajstić information content (AvgIpc) is 2.30. The van der Waals surface area contributed by atoms with Gasteiger partial charge in [-0.1, -0.05) is 11.8 Å². The van der Waals surface area contributed by atoms with Gasteiger partial charge in [-0.25, -0.2) is 4.39 Å². The molecule has 0 aromatic heterocycles. The molecule has 1 aromatic carbocycles. The number of halogens is 1. The van der Waals surface area contributed by atoms with Gasteiger partial charge in [0.25, 0.3) is 0 Å². The monoisotopic (exact) mass is 231 g/mol. The van der Waals surface area contributed by atoms with Crippen LogP contribution in [0.4, 0.5) is 4.39 Å². The lowest BCUT2D eigenvalue weighted by molar-refractivity contribution is -0.141. The number of ether oxygens (including phenoxy) is 1. The van der Waals surface area contributed by atoms with Crippen LogP contribution in [0.2, 0.25) is 0 Å². The first-order chi connectivity index (χ1) is 8.17. The fourth-order valence-corrected chi connectivity index (χ4v) is 1.14. The van der Waals surface area contributed by atoms with Crippen LogP contribution in [0.1, 0.15) is 24.5 Å². The van der Waals surface area contributed by atoms with Crippen LogP contribution in [0, 0.1) is 29.0 Å². The summed E-state index contributed by atoms with van der Waals surface area (Å²) in [6.45, 7) is 2.00. The molecule has 0 bridgehead atoms. The van der Waals surface area contributed by atoms with Crippen molar-refractivity contribution in [1.29, 1.82) is 5.26 Å². The van der Waals surface area contributed by atoms with Crippen molar-refractivity contribution < 1.29 is 13.9 Å². The summed E-state index contributed by atoms with van der Waals surface area (Å²) in [5.74, 6) is 4.22. The third kappa shape index (κ3) is 3.96. The van der Waals surface area contributed by atoms with E-state index in [0.717, 1.165) is 6.07 Å². The lowest BCUT2D eigenvalue weighted by Crippen LogP contribution is -2.01. The van der Waals surface area contributed by atoms with Crippen LogP contribution in [-0.4, -0.2) is 12.6 Å². The van der Waals surface area contributed by atoms with E-state index in [4.69, 9.17) is 5.26 Å². The average molecular weight is 231 g/mol. The fraction of sp³-hybridized carbons (Fsp3) is 0.231. The Morgan fingerprint density at radius 3 is 2.88 bits per heavy atom. The van der Waals surface area contributed by atoms with Gasteiger partial charge in [-0.3, -0.25) is 4.79 Å². The zero-order chi connectivity index (χ0) is 12.7. The van der Waals surface area contributed by atoms with E-state index in [1.165, 1.54) is 12.1 Å². The van der Waals surface area contributed by atoms with E-state index in [2.05, 4.69) is 16.6 Å². The van der Waals surface area contributed by atoms with Gasteiger partial charge < -0.3 is 4.74 Å². The quantitative estimate of drug-likeness (QED) is 0.577. The van der Waals surface area contributed by atoms with Crippen LogP contribution in [0.5, 0.6) is 0 Å². The summed E-state index contributed by atoms with van der Waals surface area (Å²) in [5, 5.41) is 8.77. The second-order valence-corrected chi connectivity index (χ2v) is 3.09. The molecule has 0 aliphatic rings. The van der Waals surface area contributed by atoms with E-state index in [1.54, 1.807) is 6.92 Å². The molecule has 4 heteroatoms. The van der Waals surface area contributed by atoms with Crippen molar-refractivity contribution in [3.63, 3.8) is 0 Å². The van der Waals surface area contributed by atoms with Crippen LogP contribution >= 0.6 is 0 Å². The van der Waals surface area contributed by atoms with Crippen LogP contribution in [0.3, 0.4) is 0 Å². The summed E-state index contributed by atoms with van der Waals surface area (Å²) in [6, 6.07) is 5.60. The van der Waals surface area contributed by atoms with Crippen molar-refractivity contribution in [1.82, 2.24) is 0 Å². The Morgan fingerprint density at radius 1 is 1.47 bits per heavy atom. The van der Waals surface area contributed by atoms with Crippen LogP contribution < -0.4 is 0 Å². The van der Waals surface area contributed by atoms with Crippen LogP contribution in [0.25, 0.3) is 0 Å². The molecule has 1 rings (SSSR count). The maximum Gasteiger partial charge on any atom is 0.317 e. The number of carbonyl (C=O) groups excluding carboxylic acids is 1. The van der Waals surface area contributed by atoms with E-state index < -0.39 is 11.8 Å². The van der Waals surface area contributed by atoms with Crippen molar-refractivity contribution in [2.24, 2.45) is 0 Å². The molecule has 0 fully saturated rings. The molecule has 0 saturated heterocycles. The van der Waals surface area contributed by atoms with Crippen molar-refractivity contribution in [2.75, 3.05) is 6.61 Å². The Bertz CT molecular complexity index is 520. The highest BCUT2D eigenvalue weighted by Crippen LogP contribution is 2.08. The standard InChI is InChI=1S/C13H10FNO2/c1-2-17-13(16)5-3-4-10-8-12(14)7-6-11(10)9-15/h6-8H,2,5H2,1H3. The van der Waals surface area contributed by atoms with E-state index in [-0.39, 0.29) is 17.5 Å². The van der Waals surface area contributed by atoms with E-state index >= 15 is 0 Å². The van der Waals surface area contributed by atoms with Crippen LogP contribution in [-0.2, 0) is 9.53 Å². The molecule has 0 unspecified atom stereocenters. The van der Waals surface area contributed by atoms with Crippen molar-refractivity contribution in [3.05, 3.63) is 35.1 Å². The number of nitrogens with zero attached hydrogens (tertiary/aromatic N) is 1. The largest absolute Gasteiger partial charge is 0.465 e. The van der Waals surface area contributed by atoms with Gasteiger partial charge in [-0.15, -0.1) is 0 Å². The van der Waals surface area contributed by atoms with Crippen molar-refractivity contribution in [3.8, 4) is 17.9 Å². The Kier molecular flexibility index (Phi) is 4.72. The number of rotatable bonds is 2. The Morgan fingerprint density at radius 2 is 2.24 bits per heavy atom. The van der Waals surface area contributed by atoms with Gasteiger partial charge in [0.05, 0.1) is 12.2 Å². The molecule has 86 valence electrons. The molecule has 0 heterocycles. The third-order valence-electron chi connectivity index (χ3n) is 1.86. The number of esters is 1. The predicted molar refractivity (Wildman–Crippen MR) is 59.2 cm³/mol. The molecule has 0 saturated carbocycles. The number of benzene rings is 1. The van der Waals surface area contributed by atoms with E-state index in [0.29, 0.717) is 6.61 Å². The highest BCUT2D eigenvalue weighted by atomic mass is 19.1. The minimum atomic E-state index is -0.468. The van der Waals surface area contributed by atoms with Gasteiger partial charge >= 0.3 is 5.97 Å². The summed E-state index contributed by atoms with van der Waals surface area (Å²) in [7, 11) is 0. The maximum atomic E-state index is 12.9. The van der Waals surface area contributed by atoms with Gasteiger partial charge in [0.2, 0.25) is 0 Å². The second kappa shape index (κ2) is 6.30. The molecule has 0 atom stereocenters. The molecule has 0 amide bonds. The molecule has 0 spiro atoms. The molecule has 0 N–H and O–H groups in total. The highest BCUT2D eigenvalue weighted by molar-refractivity contribution is 5.72. The van der Waals surface area contributed by atoms with Gasteiger partial charge in [0.1, 0.15) is 18.3 Å². The third-order valence-corrected chi connectivity index (χ3v) is 1.86. The Labute approximate surface area is 98.8 Å². The topological polar surface area (TPSA) is 50.1 Å².